The zero-order valence-electron chi connectivity index (χ0n) is 16.6. The SMILES string of the molecule is CCCCc1oc2ccccc2c1CN(C)C(=O)c1n[nH]c(=O)c2ccccc12. The van der Waals surface area contributed by atoms with Gasteiger partial charge in [0.25, 0.3) is 11.5 Å². The normalized spacial score (nSPS) is 11.2. The van der Waals surface area contributed by atoms with Gasteiger partial charge in [-0.2, -0.15) is 5.10 Å². The molecule has 0 bridgehead atoms. The number of H-pyrrole nitrogens is 1. The van der Waals surface area contributed by atoms with Crippen molar-refractivity contribution in [2.45, 2.75) is 32.7 Å². The first-order valence-electron chi connectivity index (χ1n) is 9.82. The van der Waals surface area contributed by atoms with Crippen molar-refractivity contribution in [3.8, 4) is 0 Å². The number of hydrogen-bond acceptors (Lipinski definition) is 4. The molecule has 1 amide bonds. The molecule has 0 aliphatic carbocycles. The van der Waals surface area contributed by atoms with Crippen LogP contribution in [0.25, 0.3) is 21.7 Å². The molecule has 4 aromatic rings. The largest absolute Gasteiger partial charge is 0.461 e. The van der Waals surface area contributed by atoms with E-state index in [1.807, 2.05) is 24.3 Å². The minimum absolute atomic E-state index is 0.241. The fourth-order valence-corrected chi connectivity index (χ4v) is 3.63. The Labute approximate surface area is 168 Å². The highest BCUT2D eigenvalue weighted by Crippen LogP contribution is 2.28. The lowest BCUT2D eigenvalue weighted by Gasteiger charge is -2.17. The predicted octanol–water partition coefficient (Wildman–Crippen LogP) is 4.28. The summed E-state index contributed by atoms with van der Waals surface area (Å²) in [5.74, 6) is 0.677. The predicted molar refractivity (Wildman–Crippen MR) is 113 cm³/mol. The molecule has 6 heteroatoms. The van der Waals surface area contributed by atoms with E-state index in [-0.39, 0.29) is 17.2 Å². The number of para-hydroxylation sites is 1. The number of hydrogen-bond donors (Lipinski definition) is 1. The molecule has 0 aliphatic rings. The number of carbonyl (C=O) groups is 1. The summed E-state index contributed by atoms with van der Waals surface area (Å²) in [5.41, 5.74) is 1.80. The minimum atomic E-state index is -0.303. The first-order chi connectivity index (χ1) is 14.1. The average Bonchev–Trinajstić information content (AvgIpc) is 3.09. The molecule has 0 atom stereocenters. The molecule has 0 spiro atoms. The first-order valence-corrected chi connectivity index (χ1v) is 9.82. The van der Waals surface area contributed by atoms with Crippen LogP contribution in [0.4, 0.5) is 0 Å². The highest BCUT2D eigenvalue weighted by atomic mass is 16.3. The topological polar surface area (TPSA) is 79.2 Å². The highest BCUT2D eigenvalue weighted by Gasteiger charge is 2.21. The molecule has 29 heavy (non-hydrogen) atoms. The maximum atomic E-state index is 13.2. The number of benzene rings is 2. The molecule has 1 N–H and O–H groups in total. The first kappa shape index (κ1) is 18.9. The molecule has 0 saturated heterocycles. The average molecular weight is 389 g/mol. The zero-order valence-corrected chi connectivity index (χ0v) is 16.6. The smallest absolute Gasteiger partial charge is 0.274 e. The van der Waals surface area contributed by atoms with Crippen molar-refractivity contribution in [1.29, 1.82) is 0 Å². The van der Waals surface area contributed by atoms with Gasteiger partial charge in [-0.25, -0.2) is 5.10 Å². The summed E-state index contributed by atoms with van der Waals surface area (Å²) in [6, 6.07) is 14.9. The summed E-state index contributed by atoms with van der Waals surface area (Å²) in [6.07, 6.45) is 2.93. The lowest BCUT2D eigenvalue weighted by Crippen LogP contribution is -2.29. The fraction of sp³-hybridized carbons (Fsp3) is 0.261. The van der Waals surface area contributed by atoms with Gasteiger partial charge in [-0.1, -0.05) is 49.7 Å². The van der Waals surface area contributed by atoms with E-state index in [9.17, 15) is 9.59 Å². The van der Waals surface area contributed by atoms with Crippen molar-refractivity contribution in [3.63, 3.8) is 0 Å². The van der Waals surface area contributed by atoms with Crippen molar-refractivity contribution in [3.05, 3.63) is 75.9 Å². The summed E-state index contributed by atoms with van der Waals surface area (Å²) in [7, 11) is 1.75. The van der Waals surface area contributed by atoms with Crippen molar-refractivity contribution in [2.24, 2.45) is 0 Å². The van der Waals surface area contributed by atoms with Crippen molar-refractivity contribution < 1.29 is 9.21 Å². The molecule has 0 radical (unpaired) electrons. The number of nitrogens with zero attached hydrogens (tertiary/aromatic N) is 2. The number of aryl methyl sites for hydroxylation is 1. The Hall–Kier alpha value is -3.41. The summed E-state index contributed by atoms with van der Waals surface area (Å²) in [5, 5.41) is 8.51. The van der Waals surface area contributed by atoms with E-state index >= 15 is 0 Å². The van der Waals surface area contributed by atoms with Crippen LogP contribution in [-0.4, -0.2) is 28.1 Å². The minimum Gasteiger partial charge on any atom is -0.461 e. The summed E-state index contributed by atoms with van der Waals surface area (Å²) >= 11 is 0. The van der Waals surface area contributed by atoms with Crippen LogP contribution in [0.2, 0.25) is 0 Å². The Bertz CT molecular complexity index is 1240. The van der Waals surface area contributed by atoms with Gasteiger partial charge in [-0.15, -0.1) is 0 Å². The maximum absolute atomic E-state index is 13.2. The molecular formula is C23H23N3O3. The van der Waals surface area contributed by atoms with Crippen LogP contribution < -0.4 is 5.56 Å². The molecule has 4 rings (SSSR count). The maximum Gasteiger partial charge on any atom is 0.274 e. The molecule has 2 heterocycles. The van der Waals surface area contributed by atoms with Gasteiger partial charge in [0.05, 0.1) is 5.39 Å². The Balaban J connectivity index is 1.70. The van der Waals surface area contributed by atoms with E-state index in [0.717, 1.165) is 41.6 Å². The summed E-state index contributed by atoms with van der Waals surface area (Å²) < 4.78 is 6.07. The van der Waals surface area contributed by atoms with E-state index in [0.29, 0.717) is 17.3 Å². The Kier molecular flexibility index (Phi) is 5.16. The van der Waals surface area contributed by atoms with Crippen molar-refractivity contribution in [1.82, 2.24) is 15.1 Å². The standard InChI is InChI=1S/C23H23N3O3/c1-3-4-12-20-18(15-9-7-8-13-19(15)29-20)14-26(2)23(28)21-16-10-5-6-11-17(16)22(27)25-24-21/h5-11,13H,3-4,12,14H2,1-2H3,(H,25,27). The molecule has 0 aliphatic heterocycles. The Morgan fingerprint density at radius 3 is 2.52 bits per heavy atom. The quantitative estimate of drug-likeness (QED) is 0.534. The second-order valence-corrected chi connectivity index (χ2v) is 7.21. The molecular weight excluding hydrogens is 366 g/mol. The molecule has 6 nitrogen and oxygen atoms in total. The number of carbonyl (C=O) groups excluding carboxylic acids is 1. The number of fused-ring (bicyclic) bond motifs is 2. The van der Waals surface area contributed by atoms with Crippen molar-refractivity contribution in [2.75, 3.05) is 7.05 Å². The van der Waals surface area contributed by atoms with Gasteiger partial charge >= 0.3 is 0 Å². The molecule has 0 saturated carbocycles. The molecule has 2 aromatic carbocycles. The van der Waals surface area contributed by atoms with Gasteiger partial charge in [-0.3, -0.25) is 9.59 Å². The van der Waals surface area contributed by atoms with Crippen LogP contribution in [0.1, 0.15) is 41.6 Å². The number of aromatic amines is 1. The van der Waals surface area contributed by atoms with E-state index in [1.54, 1.807) is 36.2 Å². The van der Waals surface area contributed by atoms with Crippen LogP contribution in [0.3, 0.4) is 0 Å². The van der Waals surface area contributed by atoms with Crippen LogP contribution in [0.15, 0.2) is 57.7 Å². The van der Waals surface area contributed by atoms with Gasteiger partial charge in [0.2, 0.25) is 0 Å². The lowest BCUT2D eigenvalue weighted by molar-refractivity contribution is 0.0780. The molecule has 0 unspecified atom stereocenters. The number of nitrogens with one attached hydrogen (secondary N) is 1. The zero-order chi connectivity index (χ0) is 20.4. The van der Waals surface area contributed by atoms with Crippen LogP contribution in [0.5, 0.6) is 0 Å². The van der Waals surface area contributed by atoms with E-state index in [2.05, 4.69) is 17.1 Å². The second-order valence-electron chi connectivity index (χ2n) is 7.21. The third kappa shape index (κ3) is 3.53. The van der Waals surface area contributed by atoms with E-state index < -0.39 is 0 Å². The van der Waals surface area contributed by atoms with E-state index in [1.165, 1.54) is 0 Å². The van der Waals surface area contributed by atoms with Gasteiger partial charge in [0, 0.05) is 36.3 Å². The van der Waals surface area contributed by atoms with Gasteiger partial charge in [0.1, 0.15) is 11.3 Å². The van der Waals surface area contributed by atoms with Gasteiger partial charge in [-0.05, 0) is 18.6 Å². The number of furan rings is 1. The monoisotopic (exact) mass is 389 g/mol. The fourth-order valence-electron chi connectivity index (χ4n) is 3.63. The molecule has 2 aromatic heterocycles. The van der Waals surface area contributed by atoms with Crippen LogP contribution in [-0.2, 0) is 13.0 Å². The third-order valence-corrected chi connectivity index (χ3v) is 5.18. The van der Waals surface area contributed by atoms with E-state index in [4.69, 9.17) is 4.42 Å². The number of unbranched alkanes of at least 4 members (excludes halogenated alkanes) is 1. The van der Waals surface area contributed by atoms with Crippen LogP contribution in [0, 0.1) is 0 Å². The molecule has 0 fully saturated rings. The highest BCUT2D eigenvalue weighted by molar-refractivity contribution is 6.04. The van der Waals surface area contributed by atoms with Gasteiger partial charge in [0.15, 0.2) is 5.69 Å². The summed E-state index contributed by atoms with van der Waals surface area (Å²) in [4.78, 5) is 26.8. The lowest BCUT2D eigenvalue weighted by atomic mass is 10.1. The van der Waals surface area contributed by atoms with Crippen molar-refractivity contribution >= 4 is 27.6 Å². The molecule has 148 valence electrons. The Morgan fingerprint density at radius 2 is 1.76 bits per heavy atom. The Morgan fingerprint density at radius 1 is 1.07 bits per heavy atom. The summed E-state index contributed by atoms with van der Waals surface area (Å²) in [6.45, 7) is 2.55. The number of rotatable bonds is 6. The second kappa shape index (κ2) is 7.91. The number of aromatic nitrogens is 2. The number of amides is 1. The van der Waals surface area contributed by atoms with Crippen LogP contribution >= 0.6 is 0 Å². The third-order valence-electron chi connectivity index (χ3n) is 5.18. The van der Waals surface area contributed by atoms with Gasteiger partial charge < -0.3 is 9.32 Å².